The zero-order valence-corrected chi connectivity index (χ0v) is 18.2. The van der Waals surface area contributed by atoms with E-state index >= 15 is 0 Å². The fourth-order valence-corrected chi connectivity index (χ4v) is 3.45. The van der Waals surface area contributed by atoms with E-state index in [1.165, 1.54) is 0 Å². The standard InChI is InChI=1S/C21H20BrN3O3S/c1-2-3-19-23-21(25-24-19)29-18(20(26)27)12-14-6-10-17(11-7-14)28-13-15-4-8-16(22)9-5-15/h4-12H,2-3,13H2,1H3,(H,26,27)(H,23,24,25)/b18-12-. The lowest BCUT2D eigenvalue weighted by atomic mass is 10.2. The molecule has 29 heavy (non-hydrogen) atoms. The number of halogens is 1. The molecule has 0 radical (unpaired) electrons. The smallest absolute Gasteiger partial charge is 0.342 e. The monoisotopic (exact) mass is 473 g/mol. The molecule has 2 N–H and O–H groups in total. The van der Waals surface area contributed by atoms with Crippen LogP contribution in [0, 0.1) is 0 Å². The Bertz CT molecular complexity index is 985. The maximum absolute atomic E-state index is 11.6. The summed E-state index contributed by atoms with van der Waals surface area (Å²) < 4.78 is 6.80. The molecule has 3 aromatic rings. The summed E-state index contributed by atoms with van der Waals surface area (Å²) in [6, 6.07) is 15.2. The van der Waals surface area contributed by atoms with Crippen molar-refractivity contribution in [1.29, 1.82) is 0 Å². The van der Waals surface area contributed by atoms with Crippen molar-refractivity contribution >= 4 is 39.7 Å². The molecule has 0 unspecified atom stereocenters. The molecule has 150 valence electrons. The van der Waals surface area contributed by atoms with E-state index < -0.39 is 5.97 Å². The Labute approximate surface area is 181 Å². The van der Waals surface area contributed by atoms with Crippen molar-refractivity contribution in [3.63, 3.8) is 0 Å². The van der Waals surface area contributed by atoms with Gasteiger partial charge >= 0.3 is 5.97 Å². The molecule has 0 atom stereocenters. The minimum atomic E-state index is -1.02. The summed E-state index contributed by atoms with van der Waals surface area (Å²) in [5.41, 5.74) is 1.82. The fourth-order valence-electron chi connectivity index (χ4n) is 2.46. The molecule has 0 amide bonds. The average Bonchev–Trinajstić information content (AvgIpc) is 3.15. The Morgan fingerprint density at radius 2 is 1.93 bits per heavy atom. The highest BCUT2D eigenvalue weighted by atomic mass is 79.9. The molecular formula is C21H20BrN3O3S. The molecule has 0 aliphatic rings. The molecule has 0 bridgehead atoms. The summed E-state index contributed by atoms with van der Waals surface area (Å²) in [4.78, 5) is 16.1. The van der Waals surface area contributed by atoms with Gasteiger partial charge in [-0.2, -0.15) is 0 Å². The number of hydrogen-bond acceptors (Lipinski definition) is 5. The van der Waals surface area contributed by atoms with Gasteiger partial charge in [-0.05, 0) is 59.7 Å². The number of aliphatic carboxylic acids is 1. The Morgan fingerprint density at radius 1 is 1.21 bits per heavy atom. The van der Waals surface area contributed by atoms with Crippen LogP contribution in [0.25, 0.3) is 6.08 Å². The number of hydrogen-bond donors (Lipinski definition) is 2. The largest absolute Gasteiger partial charge is 0.489 e. The van der Waals surface area contributed by atoms with Crippen LogP contribution in [-0.4, -0.2) is 26.3 Å². The third-order valence-electron chi connectivity index (χ3n) is 3.91. The first kappa shape index (κ1) is 21.1. The van der Waals surface area contributed by atoms with Gasteiger partial charge in [-0.1, -0.05) is 47.1 Å². The minimum absolute atomic E-state index is 0.149. The summed E-state index contributed by atoms with van der Waals surface area (Å²) in [7, 11) is 0. The highest BCUT2D eigenvalue weighted by molar-refractivity contribution is 9.10. The van der Waals surface area contributed by atoms with E-state index in [0.29, 0.717) is 17.5 Å². The number of rotatable bonds is 9. The highest BCUT2D eigenvalue weighted by Crippen LogP contribution is 2.26. The van der Waals surface area contributed by atoms with E-state index in [-0.39, 0.29) is 4.91 Å². The Kier molecular flexibility index (Phi) is 7.48. The van der Waals surface area contributed by atoms with Crippen molar-refractivity contribution in [2.45, 2.75) is 31.5 Å². The highest BCUT2D eigenvalue weighted by Gasteiger charge is 2.13. The molecule has 0 spiro atoms. The van der Waals surface area contributed by atoms with E-state index in [1.54, 1.807) is 6.08 Å². The van der Waals surface area contributed by atoms with Crippen LogP contribution in [0.2, 0.25) is 0 Å². The van der Waals surface area contributed by atoms with Gasteiger partial charge < -0.3 is 9.84 Å². The Hall–Kier alpha value is -2.58. The number of H-pyrrole nitrogens is 1. The van der Waals surface area contributed by atoms with Gasteiger partial charge in [-0.25, -0.2) is 9.78 Å². The summed E-state index contributed by atoms with van der Waals surface area (Å²) in [6.07, 6.45) is 3.32. The topological polar surface area (TPSA) is 88.1 Å². The third-order valence-corrected chi connectivity index (χ3v) is 5.31. The van der Waals surface area contributed by atoms with E-state index in [0.717, 1.165) is 46.0 Å². The van der Waals surface area contributed by atoms with Gasteiger partial charge in [0, 0.05) is 10.9 Å². The fraction of sp³-hybridized carbons (Fsp3) is 0.190. The lowest BCUT2D eigenvalue weighted by Crippen LogP contribution is -1.97. The zero-order chi connectivity index (χ0) is 20.6. The summed E-state index contributed by atoms with van der Waals surface area (Å²) in [6.45, 7) is 2.51. The lowest BCUT2D eigenvalue weighted by molar-refractivity contribution is -0.131. The van der Waals surface area contributed by atoms with Crippen molar-refractivity contribution in [1.82, 2.24) is 15.2 Å². The van der Waals surface area contributed by atoms with Crippen LogP contribution < -0.4 is 4.74 Å². The number of ether oxygens (including phenoxy) is 1. The van der Waals surface area contributed by atoms with E-state index in [2.05, 4.69) is 31.1 Å². The summed E-state index contributed by atoms with van der Waals surface area (Å²) in [5, 5.41) is 16.8. The molecular weight excluding hydrogens is 454 g/mol. The van der Waals surface area contributed by atoms with Crippen LogP contribution >= 0.6 is 27.7 Å². The maximum Gasteiger partial charge on any atom is 0.342 e. The molecule has 6 nitrogen and oxygen atoms in total. The van der Waals surface area contributed by atoms with Gasteiger partial charge in [-0.3, -0.25) is 5.10 Å². The number of carbonyl (C=O) groups is 1. The van der Waals surface area contributed by atoms with Crippen molar-refractivity contribution in [3.8, 4) is 5.75 Å². The summed E-state index contributed by atoms with van der Waals surface area (Å²) >= 11 is 4.43. The van der Waals surface area contributed by atoms with Gasteiger partial charge in [-0.15, -0.1) is 5.10 Å². The van der Waals surface area contributed by atoms with Crippen molar-refractivity contribution < 1.29 is 14.6 Å². The molecule has 0 aliphatic heterocycles. The second-order valence-corrected chi connectivity index (χ2v) is 8.14. The normalized spacial score (nSPS) is 11.4. The zero-order valence-electron chi connectivity index (χ0n) is 15.8. The lowest BCUT2D eigenvalue weighted by Gasteiger charge is -2.07. The van der Waals surface area contributed by atoms with E-state index in [4.69, 9.17) is 4.74 Å². The van der Waals surface area contributed by atoms with Crippen LogP contribution in [0.15, 0.2) is 63.1 Å². The first-order chi connectivity index (χ1) is 14.0. The first-order valence-corrected chi connectivity index (χ1v) is 10.7. The van der Waals surface area contributed by atoms with Crippen LogP contribution in [0.5, 0.6) is 5.75 Å². The van der Waals surface area contributed by atoms with Gasteiger partial charge in [0.05, 0.1) is 0 Å². The van der Waals surface area contributed by atoms with Crippen molar-refractivity contribution in [2.75, 3.05) is 0 Å². The van der Waals surface area contributed by atoms with Crippen LogP contribution in [-0.2, 0) is 17.8 Å². The Balaban J connectivity index is 1.64. The second-order valence-electron chi connectivity index (χ2n) is 6.21. The van der Waals surface area contributed by atoms with Crippen LogP contribution in [0.1, 0.15) is 30.3 Å². The molecule has 1 aromatic heterocycles. The van der Waals surface area contributed by atoms with E-state index in [1.807, 2.05) is 55.5 Å². The molecule has 1 heterocycles. The Morgan fingerprint density at radius 3 is 2.59 bits per heavy atom. The number of thioether (sulfide) groups is 1. The molecule has 8 heteroatoms. The van der Waals surface area contributed by atoms with Crippen LogP contribution in [0.4, 0.5) is 0 Å². The van der Waals surface area contributed by atoms with Gasteiger partial charge in [0.15, 0.2) is 0 Å². The number of aromatic nitrogens is 3. The number of carboxylic acid groups (broad SMARTS) is 1. The number of benzene rings is 2. The number of aromatic amines is 1. The quantitative estimate of drug-likeness (QED) is 0.323. The molecule has 2 aromatic carbocycles. The molecule has 0 saturated carbocycles. The average molecular weight is 474 g/mol. The van der Waals surface area contributed by atoms with Gasteiger partial charge in [0.25, 0.3) is 0 Å². The second kappa shape index (κ2) is 10.3. The third kappa shape index (κ3) is 6.47. The molecule has 0 fully saturated rings. The number of nitrogens with zero attached hydrogens (tertiary/aromatic N) is 2. The number of aryl methyl sites for hydroxylation is 1. The maximum atomic E-state index is 11.6. The predicted molar refractivity (Wildman–Crippen MR) is 117 cm³/mol. The van der Waals surface area contributed by atoms with Gasteiger partial charge in [0.2, 0.25) is 5.16 Å². The minimum Gasteiger partial charge on any atom is -0.489 e. The first-order valence-electron chi connectivity index (χ1n) is 9.05. The molecule has 0 aliphatic carbocycles. The molecule has 0 saturated heterocycles. The SMILES string of the molecule is CCCc1nc(S/C(=C\c2ccc(OCc3ccc(Br)cc3)cc2)C(=O)O)n[nH]1. The van der Waals surface area contributed by atoms with Crippen LogP contribution in [0.3, 0.4) is 0 Å². The predicted octanol–water partition coefficient (Wildman–Crippen LogP) is 5.32. The molecule has 3 rings (SSSR count). The number of nitrogens with one attached hydrogen (secondary N) is 1. The van der Waals surface area contributed by atoms with E-state index in [9.17, 15) is 9.90 Å². The van der Waals surface area contributed by atoms with Crippen molar-refractivity contribution in [3.05, 3.63) is 74.9 Å². The number of carboxylic acids is 1. The summed E-state index contributed by atoms with van der Waals surface area (Å²) in [5.74, 6) is 0.451. The van der Waals surface area contributed by atoms with Crippen molar-refractivity contribution in [2.24, 2.45) is 0 Å². The van der Waals surface area contributed by atoms with Gasteiger partial charge in [0.1, 0.15) is 23.1 Å².